The number of aryl methyl sites for hydroxylation is 1. The zero-order valence-corrected chi connectivity index (χ0v) is 33.8. The van der Waals surface area contributed by atoms with Gasteiger partial charge in [-0.1, -0.05) is 79.7 Å². The molecule has 0 aliphatic heterocycles. The summed E-state index contributed by atoms with van der Waals surface area (Å²) < 4.78 is 22.0. The molecule has 1 aliphatic carbocycles. The van der Waals surface area contributed by atoms with Gasteiger partial charge in [0.25, 0.3) is 5.91 Å². The molecular formula is C43H52N4O8S. The lowest BCUT2D eigenvalue weighted by Gasteiger charge is -2.23. The molecule has 12 nitrogen and oxygen atoms in total. The van der Waals surface area contributed by atoms with Gasteiger partial charge < -0.3 is 24.3 Å². The van der Waals surface area contributed by atoms with E-state index in [1.165, 1.54) is 4.90 Å². The van der Waals surface area contributed by atoms with Crippen molar-refractivity contribution in [1.29, 1.82) is 0 Å². The molecule has 0 spiro atoms. The monoisotopic (exact) mass is 784 g/mol. The van der Waals surface area contributed by atoms with Crippen LogP contribution in [0.4, 0.5) is 15.3 Å². The first-order valence-corrected chi connectivity index (χ1v) is 19.5. The van der Waals surface area contributed by atoms with Crippen molar-refractivity contribution in [3.63, 3.8) is 0 Å². The Morgan fingerprint density at radius 3 is 2.16 bits per heavy atom. The number of hydrogen-bond donors (Lipinski definition) is 3. The number of esters is 1. The first-order chi connectivity index (χ1) is 27.0. The maximum Gasteiger partial charge on any atom is 0.412 e. The SMILES string of the molecule is CCOC(=O)CN(CCOCCNC(=O)c1ncc(-c2cccc(CC)c2)cc1NC(=O)OC(C)(C)C)C(=O)OCC1c2ccccc2-c2ccccc21.CS. The number of ether oxygens (including phenoxy) is 4. The van der Waals surface area contributed by atoms with Crippen LogP contribution in [0.25, 0.3) is 22.3 Å². The minimum Gasteiger partial charge on any atom is -0.465 e. The van der Waals surface area contributed by atoms with E-state index in [1.54, 1.807) is 46.2 Å². The van der Waals surface area contributed by atoms with Gasteiger partial charge in [-0.3, -0.25) is 19.8 Å². The van der Waals surface area contributed by atoms with Gasteiger partial charge >= 0.3 is 18.2 Å². The van der Waals surface area contributed by atoms with Crippen molar-refractivity contribution in [3.05, 3.63) is 107 Å². The van der Waals surface area contributed by atoms with Crippen molar-refractivity contribution in [2.45, 2.75) is 52.6 Å². The quantitative estimate of drug-likeness (QED) is 0.0477. The van der Waals surface area contributed by atoms with Crippen molar-refractivity contribution in [1.82, 2.24) is 15.2 Å². The summed E-state index contributed by atoms with van der Waals surface area (Å²) in [5.41, 5.74) is 6.58. The predicted octanol–water partition coefficient (Wildman–Crippen LogP) is 7.76. The molecule has 0 radical (unpaired) electrons. The molecule has 13 heteroatoms. The third-order valence-electron chi connectivity index (χ3n) is 8.66. The highest BCUT2D eigenvalue weighted by molar-refractivity contribution is 7.79. The highest BCUT2D eigenvalue weighted by Gasteiger charge is 2.30. The number of carbonyl (C=O) groups is 4. The van der Waals surface area contributed by atoms with Gasteiger partial charge in [0.15, 0.2) is 5.69 Å². The van der Waals surface area contributed by atoms with Crippen molar-refractivity contribution in [2.75, 3.05) is 57.6 Å². The largest absolute Gasteiger partial charge is 0.465 e. The summed E-state index contributed by atoms with van der Waals surface area (Å²) in [7, 11) is 0. The van der Waals surface area contributed by atoms with Gasteiger partial charge in [-0.15, -0.1) is 0 Å². The fraction of sp³-hybridized carbons (Fsp3) is 0.372. The van der Waals surface area contributed by atoms with E-state index in [0.29, 0.717) is 0 Å². The average molecular weight is 785 g/mol. The zero-order chi connectivity index (χ0) is 40.7. The number of aromatic nitrogens is 1. The molecular weight excluding hydrogens is 733 g/mol. The molecule has 56 heavy (non-hydrogen) atoms. The van der Waals surface area contributed by atoms with Crippen LogP contribution in [0.5, 0.6) is 0 Å². The van der Waals surface area contributed by atoms with E-state index in [2.05, 4.69) is 47.3 Å². The van der Waals surface area contributed by atoms with E-state index < -0.39 is 29.7 Å². The third-order valence-corrected chi connectivity index (χ3v) is 8.66. The van der Waals surface area contributed by atoms with Crippen LogP contribution in [-0.4, -0.2) is 91.9 Å². The molecule has 4 aromatic rings. The van der Waals surface area contributed by atoms with Gasteiger partial charge in [-0.25, -0.2) is 14.6 Å². The van der Waals surface area contributed by atoms with Crippen molar-refractivity contribution in [3.8, 4) is 22.3 Å². The molecule has 5 rings (SSSR count). The Morgan fingerprint density at radius 2 is 1.52 bits per heavy atom. The van der Waals surface area contributed by atoms with E-state index in [-0.39, 0.29) is 63.4 Å². The molecule has 1 aliphatic rings. The van der Waals surface area contributed by atoms with Gasteiger partial charge in [0, 0.05) is 30.8 Å². The van der Waals surface area contributed by atoms with E-state index in [4.69, 9.17) is 18.9 Å². The minimum atomic E-state index is -0.749. The van der Waals surface area contributed by atoms with Gasteiger partial charge in [0.1, 0.15) is 18.8 Å². The molecule has 3 aromatic carbocycles. The van der Waals surface area contributed by atoms with Crippen LogP contribution in [0.15, 0.2) is 85.1 Å². The van der Waals surface area contributed by atoms with Crippen molar-refractivity contribution < 1.29 is 38.1 Å². The summed E-state index contributed by atoms with van der Waals surface area (Å²) in [5, 5.41) is 5.45. The number of carbonyl (C=O) groups excluding carboxylic acids is 4. The van der Waals surface area contributed by atoms with Crippen LogP contribution in [-0.2, 0) is 30.2 Å². The Bertz CT molecular complexity index is 1920. The Hall–Kier alpha value is -5.40. The van der Waals surface area contributed by atoms with Crippen LogP contribution < -0.4 is 10.6 Å². The number of amides is 3. The maximum absolute atomic E-state index is 13.3. The number of hydrogen-bond acceptors (Lipinski definition) is 10. The highest BCUT2D eigenvalue weighted by Crippen LogP contribution is 2.44. The molecule has 0 unspecified atom stereocenters. The van der Waals surface area contributed by atoms with E-state index >= 15 is 0 Å². The molecule has 1 heterocycles. The van der Waals surface area contributed by atoms with Crippen molar-refractivity contribution in [2.24, 2.45) is 0 Å². The second-order valence-corrected chi connectivity index (χ2v) is 13.7. The van der Waals surface area contributed by atoms with Gasteiger partial charge in [-0.2, -0.15) is 12.6 Å². The number of pyridine rings is 1. The first kappa shape index (κ1) is 43.3. The van der Waals surface area contributed by atoms with E-state index in [9.17, 15) is 19.2 Å². The topological polar surface area (TPSA) is 145 Å². The van der Waals surface area contributed by atoms with Crippen LogP contribution in [0, 0.1) is 0 Å². The number of nitrogens with one attached hydrogen (secondary N) is 2. The van der Waals surface area contributed by atoms with Crippen molar-refractivity contribution >= 4 is 42.4 Å². The standard InChI is InChI=1S/C42H48N4O8.CH4S/c1-6-28-13-12-14-29(23-28)30-24-36(45-40(49)54-42(3,4)5)38(44-25-30)39(48)43-19-21-51-22-20-46(26-37(47)52-7-2)41(50)53-27-35-33-17-10-8-15-31(33)32-16-9-11-18-34(32)35;1-2/h8-18,23-25,35H,6-7,19-22,26-27H2,1-5H3,(H,43,48)(H,45,49);2H,1H3. The van der Waals surface area contributed by atoms with Gasteiger partial charge in [-0.05, 0) is 79.8 Å². The second-order valence-electron chi connectivity index (χ2n) is 13.7. The van der Waals surface area contributed by atoms with Crippen LogP contribution >= 0.6 is 12.6 Å². The summed E-state index contributed by atoms with van der Waals surface area (Å²) in [6.07, 6.45) is 2.75. The molecule has 0 bridgehead atoms. The molecule has 0 saturated heterocycles. The molecule has 298 valence electrons. The molecule has 0 fully saturated rings. The minimum absolute atomic E-state index is 0.00659. The van der Waals surface area contributed by atoms with E-state index in [0.717, 1.165) is 45.4 Å². The van der Waals surface area contributed by atoms with Crippen LogP contribution in [0.1, 0.15) is 67.7 Å². The molecule has 2 N–H and O–H groups in total. The lowest BCUT2D eigenvalue weighted by molar-refractivity contribution is -0.144. The number of fused-ring (bicyclic) bond motifs is 3. The number of thiol groups is 1. The summed E-state index contributed by atoms with van der Waals surface area (Å²) in [5.74, 6) is -1.23. The molecule has 0 saturated carbocycles. The number of benzene rings is 3. The van der Waals surface area contributed by atoms with Gasteiger partial charge in [0.05, 0.1) is 25.5 Å². The number of rotatable bonds is 15. The van der Waals surface area contributed by atoms with Crippen LogP contribution in [0.3, 0.4) is 0 Å². The summed E-state index contributed by atoms with van der Waals surface area (Å²) >= 11 is 3.53. The summed E-state index contributed by atoms with van der Waals surface area (Å²) in [6.45, 7) is 9.29. The number of anilines is 1. The fourth-order valence-electron chi connectivity index (χ4n) is 6.16. The Morgan fingerprint density at radius 1 is 0.839 bits per heavy atom. The summed E-state index contributed by atoms with van der Waals surface area (Å²) in [4.78, 5) is 57.3. The molecule has 3 amide bonds. The lowest BCUT2D eigenvalue weighted by atomic mass is 9.98. The fourth-order valence-corrected chi connectivity index (χ4v) is 6.16. The predicted molar refractivity (Wildman–Crippen MR) is 220 cm³/mol. The number of nitrogens with zero attached hydrogens (tertiary/aromatic N) is 2. The second kappa shape index (κ2) is 21.1. The molecule has 1 aromatic heterocycles. The smallest absolute Gasteiger partial charge is 0.412 e. The normalized spacial score (nSPS) is 11.6. The first-order valence-electron chi connectivity index (χ1n) is 18.6. The van der Waals surface area contributed by atoms with Crippen LogP contribution in [0.2, 0.25) is 0 Å². The Labute approximate surface area is 334 Å². The van der Waals surface area contributed by atoms with Gasteiger partial charge in [0.2, 0.25) is 0 Å². The Balaban J connectivity index is 0.00000342. The average Bonchev–Trinajstić information content (AvgIpc) is 3.51. The summed E-state index contributed by atoms with van der Waals surface area (Å²) in [6, 6.07) is 25.7. The molecule has 0 atom stereocenters. The van der Waals surface area contributed by atoms with E-state index in [1.807, 2.05) is 60.7 Å². The zero-order valence-electron chi connectivity index (χ0n) is 32.9. The third kappa shape index (κ3) is 12.0. The highest BCUT2D eigenvalue weighted by atomic mass is 32.1. The Kier molecular flexibility index (Phi) is 16.3. The lowest BCUT2D eigenvalue weighted by Crippen LogP contribution is -2.40. The maximum atomic E-state index is 13.3.